The van der Waals surface area contributed by atoms with Crippen LogP contribution in [-0.4, -0.2) is 14.7 Å². The predicted molar refractivity (Wildman–Crippen MR) is 66.3 cm³/mol. The molecule has 17 heavy (non-hydrogen) atoms. The fraction of sp³-hybridized carbons (Fsp3) is 0.182. The highest BCUT2D eigenvalue weighted by Crippen LogP contribution is 2.08. The Morgan fingerprint density at radius 2 is 2.00 bits per heavy atom. The number of aromatic nitrogens is 2. The van der Waals surface area contributed by atoms with Gasteiger partial charge in [0.1, 0.15) is 12.4 Å². The second kappa shape index (κ2) is 6.00. The van der Waals surface area contributed by atoms with Gasteiger partial charge in [0.25, 0.3) is 0 Å². The maximum atomic E-state index is 10.4. The Kier molecular flexibility index (Phi) is 4.66. The van der Waals surface area contributed by atoms with Gasteiger partial charge >= 0.3 is 5.69 Å². The van der Waals surface area contributed by atoms with Crippen molar-refractivity contribution in [2.45, 2.75) is 13.0 Å². The summed E-state index contributed by atoms with van der Waals surface area (Å²) in [4.78, 5) is 10.0. The van der Waals surface area contributed by atoms with Crippen LogP contribution >= 0.6 is 12.4 Å². The lowest BCUT2D eigenvalue weighted by Gasteiger charge is -2.00. The molecular formula is C11H12ClN3O2. The van der Waals surface area contributed by atoms with E-state index in [1.54, 1.807) is 4.68 Å². The van der Waals surface area contributed by atoms with Gasteiger partial charge in [-0.2, -0.15) is 5.10 Å². The van der Waals surface area contributed by atoms with Crippen LogP contribution in [0.2, 0.25) is 0 Å². The number of rotatable bonds is 4. The summed E-state index contributed by atoms with van der Waals surface area (Å²) < 4.78 is 1.59. The van der Waals surface area contributed by atoms with Gasteiger partial charge in [0.05, 0.1) is 4.92 Å². The van der Waals surface area contributed by atoms with E-state index in [9.17, 15) is 10.1 Å². The minimum absolute atomic E-state index is 0. The summed E-state index contributed by atoms with van der Waals surface area (Å²) in [5.74, 6) is 0. The lowest BCUT2D eigenvalue weighted by Crippen LogP contribution is -2.01. The van der Waals surface area contributed by atoms with Gasteiger partial charge in [-0.1, -0.05) is 30.3 Å². The van der Waals surface area contributed by atoms with Crippen LogP contribution in [-0.2, 0) is 13.0 Å². The van der Waals surface area contributed by atoms with Crippen molar-refractivity contribution in [3.8, 4) is 0 Å². The molecular weight excluding hydrogens is 242 g/mol. The average Bonchev–Trinajstić information content (AvgIpc) is 2.76. The number of nitrogens with zero attached hydrogens (tertiary/aromatic N) is 3. The first-order chi connectivity index (χ1) is 7.75. The van der Waals surface area contributed by atoms with Gasteiger partial charge in [-0.3, -0.25) is 14.8 Å². The Morgan fingerprint density at radius 1 is 1.29 bits per heavy atom. The molecule has 1 heterocycles. The normalized spacial score (nSPS) is 9.65. The Bertz CT molecular complexity index is 484. The summed E-state index contributed by atoms with van der Waals surface area (Å²) in [5, 5.41) is 14.4. The van der Waals surface area contributed by atoms with E-state index < -0.39 is 4.92 Å². The number of hydrogen-bond acceptors (Lipinski definition) is 3. The standard InChI is InChI=1S/C11H11N3O2.ClH/c15-14(16)11-8-12-13(9-11)7-6-10-4-2-1-3-5-10;/h1-5,8-9H,6-7H2;1H. The number of halogens is 1. The van der Waals surface area contributed by atoms with E-state index >= 15 is 0 Å². The summed E-state index contributed by atoms with van der Waals surface area (Å²) in [5.41, 5.74) is 1.23. The lowest BCUT2D eigenvalue weighted by molar-refractivity contribution is -0.385. The third kappa shape index (κ3) is 3.57. The number of benzene rings is 1. The van der Waals surface area contributed by atoms with Crippen LogP contribution < -0.4 is 0 Å². The van der Waals surface area contributed by atoms with Gasteiger partial charge in [0.15, 0.2) is 0 Å². The van der Waals surface area contributed by atoms with E-state index in [4.69, 9.17) is 0 Å². The fourth-order valence-corrected chi connectivity index (χ4v) is 1.46. The summed E-state index contributed by atoms with van der Waals surface area (Å²) >= 11 is 0. The van der Waals surface area contributed by atoms with Crippen LogP contribution in [0.3, 0.4) is 0 Å². The number of hydrogen-bond donors (Lipinski definition) is 0. The van der Waals surface area contributed by atoms with Crippen molar-refractivity contribution in [3.63, 3.8) is 0 Å². The van der Waals surface area contributed by atoms with Crippen molar-refractivity contribution in [2.24, 2.45) is 0 Å². The first-order valence-electron chi connectivity index (χ1n) is 4.96. The van der Waals surface area contributed by atoms with E-state index in [1.807, 2.05) is 30.3 Å². The summed E-state index contributed by atoms with van der Waals surface area (Å²) in [6, 6.07) is 9.96. The van der Waals surface area contributed by atoms with Crippen LogP contribution in [0.4, 0.5) is 5.69 Å². The molecule has 0 saturated carbocycles. The topological polar surface area (TPSA) is 61.0 Å². The summed E-state index contributed by atoms with van der Waals surface area (Å²) in [6.07, 6.45) is 3.54. The molecule has 0 N–H and O–H groups in total. The average molecular weight is 254 g/mol. The van der Waals surface area contributed by atoms with Crippen molar-refractivity contribution in [1.82, 2.24) is 9.78 Å². The fourth-order valence-electron chi connectivity index (χ4n) is 1.46. The van der Waals surface area contributed by atoms with Crippen molar-refractivity contribution < 1.29 is 4.92 Å². The molecule has 0 saturated heterocycles. The SMILES string of the molecule is Cl.O=[N+]([O-])c1cnn(CCc2ccccc2)c1. The molecule has 0 atom stereocenters. The third-order valence-corrected chi connectivity index (χ3v) is 2.30. The minimum Gasteiger partial charge on any atom is -0.265 e. The molecule has 0 radical (unpaired) electrons. The zero-order valence-corrected chi connectivity index (χ0v) is 9.84. The molecule has 0 fully saturated rings. The molecule has 1 aromatic heterocycles. The van der Waals surface area contributed by atoms with E-state index in [1.165, 1.54) is 18.0 Å². The van der Waals surface area contributed by atoms with E-state index in [0.717, 1.165) is 6.42 Å². The largest absolute Gasteiger partial charge is 0.306 e. The maximum Gasteiger partial charge on any atom is 0.306 e. The highest BCUT2D eigenvalue weighted by molar-refractivity contribution is 5.85. The zero-order valence-electron chi connectivity index (χ0n) is 9.02. The van der Waals surface area contributed by atoms with Crippen molar-refractivity contribution in [1.29, 1.82) is 0 Å². The third-order valence-electron chi connectivity index (χ3n) is 2.30. The van der Waals surface area contributed by atoms with Crippen LogP contribution in [0.15, 0.2) is 42.7 Å². The molecule has 0 aliphatic heterocycles. The zero-order chi connectivity index (χ0) is 11.4. The Morgan fingerprint density at radius 3 is 2.59 bits per heavy atom. The van der Waals surface area contributed by atoms with Gasteiger partial charge in [0, 0.05) is 6.54 Å². The van der Waals surface area contributed by atoms with Crippen molar-refractivity contribution >= 4 is 18.1 Å². The number of nitro groups is 1. The van der Waals surface area contributed by atoms with Gasteiger partial charge in [-0.05, 0) is 12.0 Å². The van der Waals surface area contributed by atoms with E-state index in [-0.39, 0.29) is 18.1 Å². The second-order valence-electron chi connectivity index (χ2n) is 3.45. The molecule has 2 aromatic rings. The first-order valence-corrected chi connectivity index (χ1v) is 4.96. The molecule has 90 valence electrons. The maximum absolute atomic E-state index is 10.4. The molecule has 1 aromatic carbocycles. The molecule has 0 amide bonds. The molecule has 0 aliphatic rings. The van der Waals surface area contributed by atoms with Crippen LogP contribution in [0.25, 0.3) is 0 Å². The van der Waals surface area contributed by atoms with E-state index in [2.05, 4.69) is 5.10 Å². The monoisotopic (exact) mass is 253 g/mol. The Balaban J connectivity index is 0.00000144. The second-order valence-corrected chi connectivity index (χ2v) is 3.45. The molecule has 6 heteroatoms. The Hall–Kier alpha value is -1.88. The van der Waals surface area contributed by atoms with Gasteiger partial charge in [-0.15, -0.1) is 12.4 Å². The van der Waals surface area contributed by atoms with Crippen LogP contribution in [0.1, 0.15) is 5.56 Å². The van der Waals surface area contributed by atoms with Crippen molar-refractivity contribution in [2.75, 3.05) is 0 Å². The molecule has 0 unspecified atom stereocenters. The summed E-state index contributed by atoms with van der Waals surface area (Å²) in [7, 11) is 0. The van der Waals surface area contributed by atoms with E-state index in [0.29, 0.717) is 6.54 Å². The molecule has 5 nitrogen and oxygen atoms in total. The molecule has 0 spiro atoms. The van der Waals surface area contributed by atoms with Gasteiger partial charge < -0.3 is 0 Å². The molecule has 0 bridgehead atoms. The summed E-state index contributed by atoms with van der Waals surface area (Å²) in [6.45, 7) is 0.651. The molecule has 2 rings (SSSR count). The van der Waals surface area contributed by atoms with Gasteiger partial charge in [-0.25, -0.2) is 0 Å². The smallest absolute Gasteiger partial charge is 0.265 e. The lowest BCUT2D eigenvalue weighted by atomic mass is 10.1. The van der Waals surface area contributed by atoms with Crippen LogP contribution in [0.5, 0.6) is 0 Å². The predicted octanol–water partition coefficient (Wildman–Crippen LogP) is 2.46. The van der Waals surface area contributed by atoms with Crippen LogP contribution in [0, 0.1) is 10.1 Å². The molecule has 0 aliphatic carbocycles. The number of aryl methyl sites for hydroxylation is 2. The first kappa shape index (κ1) is 13.2. The highest BCUT2D eigenvalue weighted by Gasteiger charge is 2.07. The highest BCUT2D eigenvalue weighted by atomic mass is 35.5. The minimum atomic E-state index is -0.438. The Labute approximate surface area is 105 Å². The quantitative estimate of drug-likeness (QED) is 0.621. The van der Waals surface area contributed by atoms with Gasteiger partial charge in [0.2, 0.25) is 0 Å². The van der Waals surface area contributed by atoms with Crippen molar-refractivity contribution in [3.05, 3.63) is 58.4 Å².